The monoisotopic (exact) mass is 327 g/mol. The molecule has 7 heteroatoms. The number of halogens is 1. The number of anilines is 1. The normalized spacial score (nSPS) is 14.3. The van der Waals surface area contributed by atoms with Crippen LogP contribution >= 0.6 is 12.4 Å². The summed E-state index contributed by atoms with van der Waals surface area (Å²) in [6.07, 6.45) is 0.403. The molecule has 1 aromatic rings. The van der Waals surface area contributed by atoms with Crippen LogP contribution in [0.1, 0.15) is 12.0 Å². The van der Waals surface area contributed by atoms with Gasteiger partial charge in [0.15, 0.2) is 0 Å². The van der Waals surface area contributed by atoms with E-state index in [1.165, 1.54) is 7.11 Å². The summed E-state index contributed by atoms with van der Waals surface area (Å²) in [6, 6.07) is 7.72. The number of carbonyl (C=O) groups is 2. The van der Waals surface area contributed by atoms with E-state index in [1.54, 1.807) is 4.90 Å². The van der Waals surface area contributed by atoms with E-state index in [4.69, 9.17) is 10.5 Å². The Morgan fingerprint density at radius 1 is 1.45 bits per heavy atom. The average molecular weight is 328 g/mol. The fourth-order valence-electron chi connectivity index (χ4n) is 2.41. The SMILES string of the molecule is COC(CN)CC(=O)NCCN1C(=O)Cc2ccccc21.Cl. The van der Waals surface area contributed by atoms with Crippen molar-refractivity contribution in [3.8, 4) is 0 Å². The summed E-state index contributed by atoms with van der Waals surface area (Å²) in [6.45, 7) is 1.20. The summed E-state index contributed by atoms with van der Waals surface area (Å²) >= 11 is 0. The number of nitrogens with two attached hydrogens (primary N) is 1. The Morgan fingerprint density at radius 3 is 2.86 bits per heavy atom. The number of benzene rings is 1. The van der Waals surface area contributed by atoms with Gasteiger partial charge in [-0.3, -0.25) is 9.59 Å². The molecule has 0 fully saturated rings. The summed E-state index contributed by atoms with van der Waals surface area (Å²) < 4.78 is 5.06. The van der Waals surface area contributed by atoms with E-state index in [1.807, 2.05) is 24.3 Å². The molecule has 1 unspecified atom stereocenters. The molecule has 2 amide bonds. The molecule has 0 spiro atoms. The summed E-state index contributed by atoms with van der Waals surface area (Å²) in [4.78, 5) is 25.4. The second kappa shape index (κ2) is 8.73. The van der Waals surface area contributed by atoms with Gasteiger partial charge in [-0.25, -0.2) is 0 Å². The highest BCUT2D eigenvalue weighted by atomic mass is 35.5. The van der Waals surface area contributed by atoms with Gasteiger partial charge < -0.3 is 20.7 Å². The number of nitrogens with one attached hydrogen (secondary N) is 1. The zero-order chi connectivity index (χ0) is 15.2. The van der Waals surface area contributed by atoms with E-state index in [0.717, 1.165) is 11.3 Å². The standard InChI is InChI=1S/C15H21N3O3.ClH/c1-21-12(10-16)9-14(19)17-6-7-18-13-5-3-2-4-11(13)8-15(18)20;/h2-5,12H,6-10,16H2,1H3,(H,17,19);1H. The lowest BCUT2D eigenvalue weighted by Crippen LogP contribution is -2.38. The largest absolute Gasteiger partial charge is 0.380 e. The highest BCUT2D eigenvalue weighted by molar-refractivity contribution is 6.01. The quantitative estimate of drug-likeness (QED) is 0.763. The smallest absolute Gasteiger partial charge is 0.231 e. The molecule has 122 valence electrons. The third-order valence-corrected chi connectivity index (χ3v) is 3.59. The van der Waals surface area contributed by atoms with Crippen LogP contribution in [-0.4, -0.2) is 44.7 Å². The maximum Gasteiger partial charge on any atom is 0.231 e. The maximum atomic E-state index is 12.0. The van der Waals surface area contributed by atoms with Crippen molar-refractivity contribution >= 4 is 29.9 Å². The van der Waals surface area contributed by atoms with Gasteiger partial charge in [-0.1, -0.05) is 18.2 Å². The highest BCUT2D eigenvalue weighted by Crippen LogP contribution is 2.27. The lowest BCUT2D eigenvalue weighted by atomic mass is 10.2. The Labute approximate surface area is 136 Å². The Kier molecular flexibility index (Phi) is 7.31. The molecule has 1 aliphatic heterocycles. The number of ether oxygens (including phenoxy) is 1. The predicted molar refractivity (Wildman–Crippen MR) is 87.2 cm³/mol. The molecular weight excluding hydrogens is 306 g/mol. The third-order valence-electron chi connectivity index (χ3n) is 3.59. The molecule has 0 bridgehead atoms. The van der Waals surface area contributed by atoms with Crippen LogP contribution in [0.25, 0.3) is 0 Å². The first kappa shape index (κ1) is 18.4. The minimum Gasteiger partial charge on any atom is -0.380 e. The van der Waals surface area contributed by atoms with Gasteiger partial charge in [-0.05, 0) is 11.6 Å². The molecule has 0 aliphatic carbocycles. The number of para-hydroxylation sites is 1. The molecule has 1 atom stereocenters. The van der Waals surface area contributed by atoms with Crippen molar-refractivity contribution in [3.05, 3.63) is 29.8 Å². The molecule has 3 N–H and O–H groups in total. The van der Waals surface area contributed by atoms with Gasteiger partial charge in [-0.2, -0.15) is 0 Å². The van der Waals surface area contributed by atoms with Crippen LogP contribution in [0.4, 0.5) is 5.69 Å². The van der Waals surface area contributed by atoms with E-state index >= 15 is 0 Å². The number of rotatable bonds is 7. The molecule has 1 aromatic carbocycles. The molecule has 22 heavy (non-hydrogen) atoms. The van der Waals surface area contributed by atoms with Crippen molar-refractivity contribution in [2.75, 3.05) is 31.6 Å². The van der Waals surface area contributed by atoms with E-state index in [2.05, 4.69) is 5.32 Å². The van der Waals surface area contributed by atoms with Crippen molar-refractivity contribution in [1.29, 1.82) is 0 Å². The summed E-state index contributed by atoms with van der Waals surface area (Å²) in [5.74, 6) is -0.0468. The molecule has 0 saturated heterocycles. The topological polar surface area (TPSA) is 84.7 Å². The molecule has 0 aromatic heterocycles. The number of methoxy groups -OCH3 is 1. The van der Waals surface area contributed by atoms with E-state index < -0.39 is 0 Å². The van der Waals surface area contributed by atoms with Crippen LogP contribution in [0.3, 0.4) is 0 Å². The Hall–Kier alpha value is -1.63. The second-order valence-corrected chi connectivity index (χ2v) is 5.00. The fourth-order valence-corrected chi connectivity index (χ4v) is 2.41. The van der Waals surface area contributed by atoms with E-state index in [-0.39, 0.29) is 36.7 Å². The summed E-state index contributed by atoms with van der Waals surface area (Å²) in [7, 11) is 1.53. The van der Waals surface area contributed by atoms with Gasteiger partial charge in [0.1, 0.15) is 0 Å². The first-order valence-electron chi connectivity index (χ1n) is 7.03. The zero-order valence-corrected chi connectivity index (χ0v) is 13.4. The Bertz CT molecular complexity index is 521. The van der Waals surface area contributed by atoms with Gasteiger partial charge in [0.2, 0.25) is 11.8 Å². The van der Waals surface area contributed by atoms with Crippen molar-refractivity contribution in [2.24, 2.45) is 5.73 Å². The zero-order valence-electron chi connectivity index (χ0n) is 12.6. The van der Waals surface area contributed by atoms with Crippen LogP contribution < -0.4 is 16.0 Å². The fraction of sp³-hybridized carbons (Fsp3) is 0.467. The number of amides is 2. The molecule has 1 heterocycles. The summed E-state index contributed by atoms with van der Waals surface area (Å²) in [5, 5.41) is 2.79. The minimum absolute atomic E-state index is 0. The predicted octanol–water partition coefficient (Wildman–Crippen LogP) is 0.478. The van der Waals surface area contributed by atoms with Gasteiger partial charge in [-0.15, -0.1) is 12.4 Å². The van der Waals surface area contributed by atoms with Crippen LogP contribution in [0.2, 0.25) is 0 Å². The number of hydrogen-bond donors (Lipinski definition) is 2. The maximum absolute atomic E-state index is 12.0. The lowest BCUT2D eigenvalue weighted by Gasteiger charge is -2.18. The Balaban J connectivity index is 0.00000242. The molecule has 2 rings (SSSR count). The molecule has 6 nitrogen and oxygen atoms in total. The number of carbonyl (C=O) groups excluding carboxylic acids is 2. The van der Waals surface area contributed by atoms with Crippen molar-refractivity contribution in [3.63, 3.8) is 0 Å². The second-order valence-electron chi connectivity index (χ2n) is 5.00. The number of fused-ring (bicyclic) bond motifs is 1. The van der Waals surface area contributed by atoms with Gasteiger partial charge >= 0.3 is 0 Å². The van der Waals surface area contributed by atoms with Crippen LogP contribution in [-0.2, 0) is 20.7 Å². The third kappa shape index (κ3) is 4.43. The van der Waals surface area contributed by atoms with E-state index in [9.17, 15) is 9.59 Å². The minimum atomic E-state index is -0.265. The van der Waals surface area contributed by atoms with Crippen LogP contribution in [0.5, 0.6) is 0 Å². The summed E-state index contributed by atoms with van der Waals surface area (Å²) in [5.41, 5.74) is 7.45. The number of hydrogen-bond acceptors (Lipinski definition) is 4. The van der Waals surface area contributed by atoms with E-state index in [0.29, 0.717) is 26.1 Å². The first-order valence-corrected chi connectivity index (χ1v) is 7.03. The van der Waals surface area contributed by atoms with Crippen molar-refractivity contribution in [1.82, 2.24) is 5.32 Å². The van der Waals surface area contributed by atoms with Gasteiger partial charge in [0, 0.05) is 32.4 Å². The molecular formula is C15H22ClN3O3. The van der Waals surface area contributed by atoms with Gasteiger partial charge in [0.05, 0.1) is 18.9 Å². The first-order chi connectivity index (χ1) is 10.2. The Morgan fingerprint density at radius 2 is 2.18 bits per heavy atom. The lowest BCUT2D eigenvalue weighted by molar-refractivity contribution is -0.123. The van der Waals surface area contributed by atoms with Gasteiger partial charge in [0.25, 0.3) is 0 Å². The molecule has 0 radical (unpaired) electrons. The highest BCUT2D eigenvalue weighted by Gasteiger charge is 2.26. The van der Waals surface area contributed by atoms with Crippen molar-refractivity contribution in [2.45, 2.75) is 18.9 Å². The molecule has 1 aliphatic rings. The number of nitrogens with zero attached hydrogens (tertiary/aromatic N) is 1. The van der Waals surface area contributed by atoms with Crippen molar-refractivity contribution < 1.29 is 14.3 Å². The van der Waals surface area contributed by atoms with Crippen LogP contribution in [0.15, 0.2) is 24.3 Å². The van der Waals surface area contributed by atoms with Crippen LogP contribution in [0, 0.1) is 0 Å². The average Bonchev–Trinajstić information content (AvgIpc) is 2.81. The molecule has 0 saturated carbocycles.